The fourth-order valence-electron chi connectivity index (χ4n) is 1.85. The van der Waals surface area contributed by atoms with Crippen LogP contribution in [0.5, 0.6) is 0 Å². The SMILES string of the molecule is Cc1cc(NCCc2nc(C)no2)c(C#N)c(C)n1. The van der Waals surface area contributed by atoms with Crippen LogP contribution in [0, 0.1) is 32.1 Å². The first-order valence-electron chi connectivity index (χ1n) is 6.01. The van der Waals surface area contributed by atoms with Crippen molar-refractivity contribution in [3.8, 4) is 6.07 Å². The highest BCUT2D eigenvalue weighted by Crippen LogP contribution is 2.18. The molecule has 2 heterocycles. The third kappa shape index (κ3) is 3.07. The predicted molar refractivity (Wildman–Crippen MR) is 69.7 cm³/mol. The largest absolute Gasteiger partial charge is 0.383 e. The Labute approximate surface area is 111 Å². The molecule has 0 spiro atoms. The summed E-state index contributed by atoms with van der Waals surface area (Å²) in [6.45, 7) is 6.14. The van der Waals surface area contributed by atoms with Crippen LogP contribution in [0.25, 0.3) is 0 Å². The van der Waals surface area contributed by atoms with Crippen LogP contribution in [0.3, 0.4) is 0 Å². The van der Waals surface area contributed by atoms with E-state index in [1.807, 2.05) is 19.9 Å². The summed E-state index contributed by atoms with van der Waals surface area (Å²) >= 11 is 0. The van der Waals surface area contributed by atoms with E-state index in [-0.39, 0.29) is 0 Å². The number of hydrogen-bond donors (Lipinski definition) is 1. The van der Waals surface area contributed by atoms with Crippen molar-refractivity contribution < 1.29 is 4.52 Å². The second-order valence-electron chi connectivity index (χ2n) is 4.30. The van der Waals surface area contributed by atoms with E-state index in [4.69, 9.17) is 9.78 Å². The molecule has 0 aliphatic rings. The van der Waals surface area contributed by atoms with Gasteiger partial charge in [0.1, 0.15) is 6.07 Å². The van der Waals surface area contributed by atoms with Crippen LogP contribution < -0.4 is 5.32 Å². The Morgan fingerprint density at radius 3 is 2.74 bits per heavy atom. The van der Waals surface area contributed by atoms with Crippen molar-refractivity contribution in [1.29, 1.82) is 5.26 Å². The predicted octanol–water partition coefficient (Wildman–Crippen LogP) is 1.92. The molecule has 0 aliphatic heterocycles. The van der Waals surface area contributed by atoms with Crippen molar-refractivity contribution in [2.75, 3.05) is 11.9 Å². The Balaban J connectivity index is 2.05. The van der Waals surface area contributed by atoms with Crippen LogP contribution in [0.15, 0.2) is 10.6 Å². The Morgan fingerprint density at radius 2 is 2.11 bits per heavy atom. The summed E-state index contributed by atoms with van der Waals surface area (Å²) in [5.74, 6) is 1.22. The molecule has 6 heteroatoms. The van der Waals surface area contributed by atoms with Crippen LogP contribution in [0.2, 0.25) is 0 Å². The molecule has 0 atom stereocenters. The molecule has 2 aromatic rings. The molecule has 0 aliphatic carbocycles. The second-order valence-corrected chi connectivity index (χ2v) is 4.30. The fourth-order valence-corrected chi connectivity index (χ4v) is 1.85. The lowest BCUT2D eigenvalue weighted by Crippen LogP contribution is -2.08. The first-order valence-corrected chi connectivity index (χ1v) is 6.01. The van der Waals surface area contributed by atoms with Gasteiger partial charge in [0.05, 0.1) is 16.9 Å². The Morgan fingerprint density at radius 1 is 1.32 bits per heavy atom. The van der Waals surface area contributed by atoms with Crippen molar-refractivity contribution in [3.63, 3.8) is 0 Å². The minimum Gasteiger partial charge on any atom is -0.383 e. The van der Waals surface area contributed by atoms with Crippen molar-refractivity contribution in [3.05, 3.63) is 34.7 Å². The van der Waals surface area contributed by atoms with Gasteiger partial charge in [-0.15, -0.1) is 0 Å². The molecule has 0 fully saturated rings. The molecule has 0 unspecified atom stereocenters. The monoisotopic (exact) mass is 257 g/mol. The average molecular weight is 257 g/mol. The van der Waals surface area contributed by atoms with E-state index in [1.165, 1.54) is 0 Å². The molecule has 0 saturated carbocycles. The highest BCUT2D eigenvalue weighted by Gasteiger charge is 2.08. The molecule has 0 amide bonds. The van der Waals surface area contributed by atoms with Crippen molar-refractivity contribution >= 4 is 5.69 Å². The van der Waals surface area contributed by atoms with Crippen molar-refractivity contribution in [1.82, 2.24) is 15.1 Å². The molecule has 19 heavy (non-hydrogen) atoms. The third-order valence-corrected chi connectivity index (χ3v) is 2.66. The van der Waals surface area contributed by atoms with E-state index in [1.54, 1.807) is 6.92 Å². The highest BCUT2D eigenvalue weighted by atomic mass is 16.5. The minimum absolute atomic E-state index is 0.576. The minimum atomic E-state index is 0.576. The number of anilines is 1. The fraction of sp³-hybridized carbons (Fsp3) is 0.385. The zero-order valence-electron chi connectivity index (χ0n) is 11.2. The Hall–Kier alpha value is -2.42. The molecule has 2 rings (SSSR count). The van der Waals surface area contributed by atoms with Crippen LogP contribution in [-0.2, 0) is 6.42 Å². The normalized spacial score (nSPS) is 10.2. The quantitative estimate of drug-likeness (QED) is 0.900. The third-order valence-electron chi connectivity index (χ3n) is 2.66. The van der Waals surface area contributed by atoms with Gasteiger partial charge in [-0.3, -0.25) is 4.98 Å². The number of nitrogens with zero attached hydrogens (tertiary/aromatic N) is 4. The van der Waals surface area contributed by atoms with Gasteiger partial charge in [0.15, 0.2) is 5.82 Å². The first kappa shape index (κ1) is 13.0. The highest BCUT2D eigenvalue weighted by molar-refractivity contribution is 5.59. The lowest BCUT2D eigenvalue weighted by atomic mass is 10.1. The molecule has 6 nitrogen and oxygen atoms in total. The number of nitrogens with one attached hydrogen (secondary N) is 1. The molecule has 98 valence electrons. The maximum atomic E-state index is 9.14. The summed E-state index contributed by atoms with van der Waals surface area (Å²) in [7, 11) is 0. The summed E-state index contributed by atoms with van der Waals surface area (Å²) < 4.78 is 5.03. The van der Waals surface area contributed by atoms with Crippen LogP contribution in [-0.4, -0.2) is 21.7 Å². The van der Waals surface area contributed by atoms with Crippen LogP contribution >= 0.6 is 0 Å². The lowest BCUT2D eigenvalue weighted by Gasteiger charge is -2.09. The van der Waals surface area contributed by atoms with E-state index in [9.17, 15) is 0 Å². The van der Waals surface area contributed by atoms with Gasteiger partial charge in [-0.2, -0.15) is 10.2 Å². The molecule has 0 aromatic carbocycles. The van der Waals surface area contributed by atoms with Gasteiger partial charge in [0, 0.05) is 18.7 Å². The smallest absolute Gasteiger partial charge is 0.228 e. The van der Waals surface area contributed by atoms with Crippen LogP contribution in [0.1, 0.15) is 28.7 Å². The van der Waals surface area contributed by atoms with Gasteiger partial charge < -0.3 is 9.84 Å². The van der Waals surface area contributed by atoms with E-state index in [2.05, 4.69) is 26.5 Å². The Kier molecular flexibility index (Phi) is 3.76. The zero-order chi connectivity index (χ0) is 13.8. The molecule has 1 N–H and O–H groups in total. The summed E-state index contributed by atoms with van der Waals surface area (Å²) in [4.78, 5) is 8.40. The maximum Gasteiger partial charge on any atom is 0.228 e. The molecule has 0 radical (unpaired) electrons. The number of aryl methyl sites for hydroxylation is 3. The number of pyridine rings is 1. The van der Waals surface area contributed by atoms with Gasteiger partial charge in [0.2, 0.25) is 5.89 Å². The van der Waals surface area contributed by atoms with Crippen molar-refractivity contribution in [2.45, 2.75) is 27.2 Å². The maximum absolute atomic E-state index is 9.14. The topological polar surface area (TPSA) is 87.6 Å². The Bertz CT molecular complexity index is 626. The van der Waals surface area contributed by atoms with Gasteiger partial charge in [-0.05, 0) is 26.8 Å². The summed E-state index contributed by atoms with van der Waals surface area (Å²) in [6, 6.07) is 4.03. The molecular weight excluding hydrogens is 242 g/mol. The van der Waals surface area contributed by atoms with Gasteiger partial charge in [0.25, 0.3) is 0 Å². The van der Waals surface area contributed by atoms with Gasteiger partial charge >= 0.3 is 0 Å². The summed E-state index contributed by atoms with van der Waals surface area (Å²) in [5, 5.41) is 16.1. The van der Waals surface area contributed by atoms with Gasteiger partial charge in [-0.25, -0.2) is 0 Å². The van der Waals surface area contributed by atoms with E-state index in [0.29, 0.717) is 30.2 Å². The van der Waals surface area contributed by atoms with E-state index in [0.717, 1.165) is 17.1 Å². The summed E-state index contributed by atoms with van der Waals surface area (Å²) in [6.07, 6.45) is 0.617. The van der Waals surface area contributed by atoms with E-state index >= 15 is 0 Å². The second kappa shape index (κ2) is 5.48. The number of nitriles is 1. The first-order chi connectivity index (χ1) is 9.10. The molecule has 0 bridgehead atoms. The van der Waals surface area contributed by atoms with Crippen molar-refractivity contribution in [2.24, 2.45) is 0 Å². The van der Waals surface area contributed by atoms with Crippen LogP contribution in [0.4, 0.5) is 5.69 Å². The number of aromatic nitrogens is 3. The molecule has 0 saturated heterocycles. The number of rotatable bonds is 4. The zero-order valence-corrected chi connectivity index (χ0v) is 11.2. The number of hydrogen-bond acceptors (Lipinski definition) is 6. The van der Waals surface area contributed by atoms with Gasteiger partial charge in [-0.1, -0.05) is 5.16 Å². The average Bonchev–Trinajstić information content (AvgIpc) is 2.74. The molecular formula is C13H15N5O. The standard InChI is InChI=1S/C13H15N5O/c1-8-6-12(11(7-14)9(2)16-8)15-5-4-13-17-10(3)18-19-13/h6H,4-5H2,1-3H3,(H,15,16). The summed E-state index contributed by atoms with van der Waals surface area (Å²) in [5.41, 5.74) is 2.99. The molecule has 2 aromatic heterocycles. The lowest BCUT2D eigenvalue weighted by molar-refractivity contribution is 0.377. The van der Waals surface area contributed by atoms with E-state index < -0.39 is 0 Å².